The highest BCUT2D eigenvalue weighted by Gasteiger charge is 2.23. The monoisotopic (exact) mass is 388 g/mol. The average Bonchev–Trinajstić information content (AvgIpc) is 2.75. The number of carbonyl (C=O) groups is 2. The Morgan fingerprint density at radius 3 is 2.45 bits per heavy atom. The maximum Gasteiger partial charge on any atom is 0.270 e. The second-order valence-electron chi connectivity index (χ2n) is 7.33. The Kier molecular flexibility index (Phi) is 5.81. The molecule has 1 aromatic heterocycles. The molecule has 2 amide bonds. The largest absolute Gasteiger partial charge is 0.348 e. The van der Waals surface area contributed by atoms with Crippen molar-refractivity contribution in [2.45, 2.75) is 18.9 Å². The van der Waals surface area contributed by atoms with E-state index in [-0.39, 0.29) is 17.9 Å². The molecule has 1 saturated heterocycles. The molecule has 1 fully saturated rings. The van der Waals surface area contributed by atoms with E-state index in [1.54, 1.807) is 6.07 Å². The predicted molar refractivity (Wildman–Crippen MR) is 114 cm³/mol. The lowest BCUT2D eigenvalue weighted by molar-refractivity contribution is -0.117. The van der Waals surface area contributed by atoms with E-state index < -0.39 is 0 Å². The summed E-state index contributed by atoms with van der Waals surface area (Å²) in [7, 11) is 0. The number of likely N-dealkylation sites (tertiary alicyclic amines) is 1. The standard InChI is InChI=1S/C23H24N4O2/c28-22(24-18-7-2-1-3-8-18)16-27-14-12-19(13-15-27)25-23(29)21-11-10-17-6-4-5-9-20(17)26-21/h1-11,19H,12-16H2,(H,24,28)(H,25,29). The topological polar surface area (TPSA) is 74.3 Å². The number of aromatic nitrogens is 1. The van der Waals surface area contributed by atoms with E-state index in [9.17, 15) is 9.59 Å². The van der Waals surface area contributed by atoms with Gasteiger partial charge in [-0.15, -0.1) is 0 Å². The Morgan fingerprint density at radius 1 is 0.931 bits per heavy atom. The molecule has 0 spiro atoms. The minimum atomic E-state index is -0.143. The number of fused-ring (bicyclic) bond motifs is 1. The zero-order valence-corrected chi connectivity index (χ0v) is 16.2. The molecule has 4 rings (SSSR count). The minimum Gasteiger partial charge on any atom is -0.348 e. The molecule has 2 aromatic carbocycles. The normalized spacial score (nSPS) is 15.2. The van der Waals surface area contributed by atoms with Crippen LogP contribution in [0, 0.1) is 0 Å². The number of piperidine rings is 1. The predicted octanol–water partition coefficient (Wildman–Crippen LogP) is 3.07. The smallest absolute Gasteiger partial charge is 0.270 e. The molecule has 1 aliphatic rings. The lowest BCUT2D eigenvalue weighted by Crippen LogP contribution is -2.46. The molecule has 0 radical (unpaired) electrons. The van der Waals surface area contributed by atoms with Gasteiger partial charge in [-0.25, -0.2) is 4.98 Å². The van der Waals surface area contributed by atoms with Crippen LogP contribution in [0.4, 0.5) is 5.69 Å². The van der Waals surface area contributed by atoms with Crippen LogP contribution in [-0.2, 0) is 4.79 Å². The van der Waals surface area contributed by atoms with Crippen LogP contribution >= 0.6 is 0 Å². The van der Waals surface area contributed by atoms with Crippen molar-refractivity contribution in [3.05, 3.63) is 72.4 Å². The van der Waals surface area contributed by atoms with Gasteiger partial charge < -0.3 is 10.6 Å². The third-order valence-electron chi connectivity index (χ3n) is 5.18. The highest BCUT2D eigenvalue weighted by molar-refractivity contribution is 5.95. The first kappa shape index (κ1) is 19.1. The number of amides is 2. The average molecular weight is 388 g/mol. The fourth-order valence-electron chi connectivity index (χ4n) is 3.61. The lowest BCUT2D eigenvalue weighted by Gasteiger charge is -2.31. The number of hydrogen-bond acceptors (Lipinski definition) is 4. The summed E-state index contributed by atoms with van der Waals surface area (Å²) in [6.45, 7) is 1.92. The van der Waals surface area contributed by atoms with Crippen LogP contribution in [0.3, 0.4) is 0 Å². The lowest BCUT2D eigenvalue weighted by atomic mass is 10.0. The summed E-state index contributed by atoms with van der Waals surface area (Å²) >= 11 is 0. The van der Waals surface area contributed by atoms with Crippen LogP contribution in [0.25, 0.3) is 10.9 Å². The van der Waals surface area contributed by atoms with Crippen molar-refractivity contribution >= 4 is 28.4 Å². The van der Waals surface area contributed by atoms with Crippen molar-refractivity contribution in [2.24, 2.45) is 0 Å². The SMILES string of the molecule is O=C(CN1CCC(NC(=O)c2ccc3ccccc3n2)CC1)Nc1ccccc1. The summed E-state index contributed by atoms with van der Waals surface area (Å²) in [5, 5.41) is 7.01. The van der Waals surface area contributed by atoms with Gasteiger partial charge in [-0.1, -0.05) is 42.5 Å². The van der Waals surface area contributed by atoms with Crippen LogP contribution in [0.2, 0.25) is 0 Å². The number of benzene rings is 2. The van der Waals surface area contributed by atoms with E-state index in [2.05, 4.69) is 20.5 Å². The molecule has 3 aromatic rings. The van der Waals surface area contributed by atoms with Crippen LogP contribution in [-0.4, -0.2) is 47.4 Å². The molecule has 0 saturated carbocycles. The summed E-state index contributed by atoms with van der Waals surface area (Å²) in [5.41, 5.74) is 2.07. The molecule has 0 aliphatic carbocycles. The third-order valence-corrected chi connectivity index (χ3v) is 5.18. The molecule has 1 aliphatic heterocycles. The zero-order chi connectivity index (χ0) is 20.1. The van der Waals surface area contributed by atoms with Gasteiger partial charge in [0.25, 0.3) is 5.91 Å². The van der Waals surface area contributed by atoms with Crippen LogP contribution in [0.15, 0.2) is 66.7 Å². The van der Waals surface area contributed by atoms with Gasteiger partial charge in [0, 0.05) is 30.2 Å². The van der Waals surface area contributed by atoms with Gasteiger partial charge in [-0.3, -0.25) is 14.5 Å². The van der Waals surface area contributed by atoms with E-state index in [0.717, 1.165) is 42.5 Å². The Labute approximate surface area is 169 Å². The Hall–Kier alpha value is -3.25. The first-order chi connectivity index (χ1) is 14.2. The third kappa shape index (κ3) is 4.97. The van der Waals surface area contributed by atoms with E-state index in [1.165, 1.54) is 0 Å². The van der Waals surface area contributed by atoms with Gasteiger partial charge in [0.1, 0.15) is 5.69 Å². The van der Waals surface area contributed by atoms with E-state index >= 15 is 0 Å². The molecule has 148 valence electrons. The molecule has 29 heavy (non-hydrogen) atoms. The first-order valence-corrected chi connectivity index (χ1v) is 9.91. The van der Waals surface area contributed by atoms with Gasteiger partial charge in [0.2, 0.25) is 5.91 Å². The van der Waals surface area contributed by atoms with E-state index in [4.69, 9.17) is 0 Å². The molecule has 2 N–H and O–H groups in total. The zero-order valence-electron chi connectivity index (χ0n) is 16.2. The summed E-state index contributed by atoms with van der Waals surface area (Å²) in [4.78, 5) is 31.3. The fourth-order valence-corrected chi connectivity index (χ4v) is 3.61. The van der Waals surface area contributed by atoms with Gasteiger partial charge in [0.15, 0.2) is 0 Å². The minimum absolute atomic E-state index is 0.0148. The highest BCUT2D eigenvalue weighted by atomic mass is 16.2. The molecule has 6 nitrogen and oxygen atoms in total. The van der Waals surface area contributed by atoms with Crippen LogP contribution < -0.4 is 10.6 Å². The second-order valence-corrected chi connectivity index (χ2v) is 7.33. The number of carbonyl (C=O) groups excluding carboxylic acids is 2. The molecular weight excluding hydrogens is 364 g/mol. The molecular formula is C23H24N4O2. The molecule has 6 heteroatoms. The number of anilines is 1. The Balaban J connectivity index is 1.26. The molecule has 0 bridgehead atoms. The molecule has 0 unspecified atom stereocenters. The van der Waals surface area contributed by atoms with Gasteiger partial charge >= 0.3 is 0 Å². The van der Waals surface area contributed by atoms with E-state index in [0.29, 0.717) is 12.2 Å². The van der Waals surface area contributed by atoms with Crippen molar-refractivity contribution in [1.82, 2.24) is 15.2 Å². The van der Waals surface area contributed by atoms with Crippen molar-refractivity contribution in [2.75, 3.05) is 25.0 Å². The summed E-state index contributed by atoms with van der Waals surface area (Å²) in [6.07, 6.45) is 1.63. The maximum atomic E-state index is 12.6. The summed E-state index contributed by atoms with van der Waals surface area (Å²) in [6, 6.07) is 21.0. The van der Waals surface area contributed by atoms with Crippen molar-refractivity contribution in [3.8, 4) is 0 Å². The van der Waals surface area contributed by atoms with Crippen LogP contribution in [0.5, 0.6) is 0 Å². The number of rotatable bonds is 5. The number of para-hydroxylation sites is 2. The number of nitrogens with one attached hydrogen (secondary N) is 2. The van der Waals surface area contributed by atoms with Crippen molar-refractivity contribution in [3.63, 3.8) is 0 Å². The maximum absolute atomic E-state index is 12.6. The van der Waals surface area contributed by atoms with Gasteiger partial charge in [-0.2, -0.15) is 0 Å². The van der Waals surface area contributed by atoms with Crippen LogP contribution in [0.1, 0.15) is 23.3 Å². The highest BCUT2D eigenvalue weighted by Crippen LogP contribution is 2.14. The van der Waals surface area contributed by atoms with E-state index in [1.807, 2.05) is 60.7 Å². The Morgan fingerprint density at radius 2 is 1.66 bits per heavy atom. The molecule has 2 heterocycles. The second kappa shape index (κ2) is 8.84. The fraction of sp³-hybridized carbons (Fsp3) is 0.261. The Bertz CT molecular complexity index is 998. The first-order valence-electron chi connectivity index (χ1n) is 9.91. The molecule has 0 atom stereocenters. The summed E-state index contributed by atoms with van der Waals surface area (Å²) < 4.78 is 0. The number of nitrogens with zero attached hydrogens (tertiary/aromatic N) is 2. The van der Waals surface area contributed by atoms with Crippen molar-refractivity contribution in [1.29, 1.82) is 0 Å². The number of hydrogen-bond donors (Lipinski definition) is 2. The quantitative estimate of drug-likeness (QED) is 0.704. The van der Waals surface area contributed by atoms with Gasteiger partial charge in [-0.05, 0) is 37.1 Å². The summed E-state index contributed by atoms with van der Waals surface area (Å²) in [5.74, 6) is -0.157. The van der Waals surface area contributed by atoms with Gasteiger partial charge in [0.05, 0.1) is 12.1 Å². The number of pyridine rings is 1. The van der Waals surface area contributed by atoms with Crippen molar-refractivity contribution < 1.29 is 9.59 Å².